The Morgan fingerprint density at radius 1 is 0.944 bits per heavy atom. The molecular formula is C15H16N3+. The molecule has 0 saturated carbocycles. The molecule has 0 amide bonds. The summed E-state index contributed by atoms with van der Waals surface area (Å²) in [4.78, 5) is 0. The summed E-state index contributed by atoms with van der Waals surface area (Å²) in [6.45, 7) is 0. The second-order valence-electron chi connectivity index (χ2n) is 4.44. The number of nitrogens with zero attached hydrogens (tertiary/aromatic N) is 3. The van der Waals surface area contributed by atoms with E-state index in [1.54, 1.807) is 0 Å². The van der Waals surface area contributed by atoms with Crippen molar-refractivity contribution in [3.05, 3.63) is 61.1 Å². The highest BCUT2D eigenvalue weighted by atomic mass is 15.2. The van der Waals surface area contributed by atoms with Crippen LogP contribution in [0.5, 0.6) is 0 Å². The average Bonchev–Trinajstić information content (AvgIpc) is 2.96. The quantitative estimate of drug-likeness (QED) is 0.608. The Hall–Kier alpha value is -2.29. The van der Waals surface area contributed by atoms with Crippen LogP contribution in [-0.2, 0) is 14.1 Å². The molecule has 0 radical (unpaired) electrons. The van der Waals surface area contributed by atoms with Crippen molar-refractivity contribution in [2.75, 3.05) is 0 Å². The number of rotatable bonds is 2. The van der Waals surface area contributed by atoms with E-state index in [0.717, 1.165) is 0 Å². The number of para-hydroxylation sites is 1. The molecule has 0 fully saturated rings. The van der Waals surface area contributed by atoms with Gasteiger partial charge in [0.15, 0.2) is 0 Å². The number of imidazole rings is 1. The third kappa shape index (κ3) is 1.64. The zero-order valence-electron chi connectivity index (χ0n) is 10.6. The lowest BCUT2D eigenvalue weighted by atomic mass is 10.3. The van der Waals surface area contributed by atoms with E-state index < -0.39 is 0 Å². The highest BCUT2D eigenvalue weighted by molar-refractivity contribution is 5.52. The van der Waals surface area contributed by atoms with Crippen LogP contribution in [0.3, 0.4) is 0 Å². The second kappa shape index (κ2) is 4.18. The minimum absolute atomic E-state index is 1.17. The zero-order valence-corrected chi connectivity index (χ0v) is 10.6. The van der Waals surface area contributed by atoms with Gasteiger partial charge in [0.2, 0.25) is 0 Å². The van der Waals surface area contributed by atoms with Gasteiger partial charge in [-0.05, 0) is 24.3 Å². The molecule has 0 N–H and O–H groups in total. The van der Waals surface area contributed by atoms with Gasteiger partial charge in [0.25, 0.3) is 0 Å². The Bertz CT molecular complexity index is 662. The minimum Gasteiger partial charge on any atom is -0.344 e. The molecule has 1 aromatic carbocycles. The highest BCUT2D eigenvalue weighted by Crippen LogP contribution is 2.19. The van der Waals surface area contributed by atoms with Crippen molar-refractivity contribution >= 4 is 0 Å². The molecule has 0 aliphatic carbocycles. The van der Waals surface area contributed by atoms with E-state index in [1.807, 2.05) is 6.07 Å². The SMILES string of the molecule is Cn1cccc1-c1n(-c2ccccc2)cc[n+]1C. The molecule has 3 aromatic rings. The molecule has 0 atom stereocenters. The maximum Gasteiger partial charge on any atom is 0.310 e. The van der Waals surface area contributed by atoms with Crippen molar-refractivity contribution in [3.8, 4) is 17.2 Å². The standard InChI is InChI=1S/C15H16N3/c1-16-10-6-9-14(16)15-17(2)11-12-18(15)13-7-4-3-5-8-13/h3-12H,1-2H3/q+1. The molecule has 2 heterocycles. The van der Waals surface area contributed by atoms with Crippen LogP contribution >= 0.6 is 0 Å². The first-order valence-electron chi connectivity index (χ1n) is 6.01. The van der Waals surface area contributed by atoms with Crippen LogP contribution in [-0.4, -0.2) is 9.13 Å². The van der Waals surface area contributed by atoms with Crippen LogP contribution < -0.4 is 4.57 Å². The summed E-state index contributed by atoms with van der Waals surface area (Å²) in [5.41, 5.74) is 2.38. The fraction of sp³-hybridized carbons (Fsp3) is 0.133. The Morgan fingerprint density at radius 3 is 2.39 bits per heavy atom. The van der Waals surface area contributed by atoms with Crippen molar-refractivity contribution in [2.24, 2.45) is 14.1 Å². The third-order valence-corrected chi connectivity index (χ3v) is 3.21. The molecule has 0 spiro atoms. The summed E-state index contributed by atoms with van der Waals surface area (Å²) in [6, 6.07) is 14.6. The van der Waals surface area contributed by atoms with Crippen LogP contribution in [0.2, 0.25) is 0 Å². The van der Waals surface area contributed by atoms with E-state index in [4.69, 9.17) is 0 Å². The highest BCUT2D eigenvalue weighted by Gasteiger charge is 2.20. The van der Waals surface area contributed by atoms with E-state index >= 15 is 0 Å². The lowest BCUT2D eigenvalue weighted by Crippen LogP contribution is -2.29. The smallest absolute Gasteiger partial charge is 0.310 e. The first-order valence-corrected chi connectivity index (χ1v) is 6.01. The van der Waals surface area contributed by atoms with Gasteiger partial charge in [-0.15, -0.1) is 0 Å². The van der Waals surface area contributed by atoms with Gasteiger partial charge in [-0.1, -0.05) is 18.2 Å². The van der Waals surface area contributed by atoms with Crippen molar-refractivity contribution in [1.82, 2.24) is 9.13 Å². The Balaban J connectivity index is 2.22. The maximum absolute atomic E-state index is 2.20. The van der Waals surface area contributed by atoms with Crippen LogP contribution in [0.1, 0.15) is 0 Å². The number of benzene rings is 1. The van der Waals surface area contributed by atoms with E-state index in [2.05, 4.69) is 82.8 Å². The monoisotopic (exact) mass is 238 g/mol. The number of aryl methyl sites for hydroxylation is 2. The van der Waals surface area contributed by atoms with E-state index in [-0.39, 0.29) is 0 Å². The van der Waals surface area contributed by atoms with Gasteiger partial charge in [-0.25, -0.2) is 4.57 Å². The summed E-state index contributed by atoms with van der Waals surface area (Å²) >= 11 is 0. The van der Waals surface area contributed by atoms with Crippen LogP contribution in [0.15, 0.2) is 61.1 Å². The molecule has 18 heavy (non-hydrogen) atoms. The fourth-order valence-electron chi connectivity index (χ4n) is 2.27. The Labute approximate surface area is 107 Å². The first-order chi connectivity index (χ1) is 8.77. The van der Waals surface area contributed by atoms with E-state index in [0.29, 0.717) is 0 Å². The summed E-state index contributed by atoms with van der Waals surface area (Å²) in [6.07, 6.45) is 6.24. The van der Waals surface area contributed by atoms with Crippen LogP contribution in [0, 0.1) is 0 Å². The van der Waals surface area contributed by atoms with Gasteiger partial charge in [0, 0.05) is 13.2 Å². The lowest BCUT2D eigenvalue weighted by molar-refractivity contribution is -0.659. The van der Waals surface area contributed by atoms with Crippen molar-refractivity contribution in [3.63, 3.8) is 0 Å². The number of aromatic nitrogens is 3. The molecule has 3 heteroatoms. The van der Waals surface area contributed by atoms with Gasteiger partial charge in [0.05, 0.1) is 7.05 Å². The summed E-state index contributed by atoms with van der Waals surface area (Å²) in [5.74, 6) is 1.17. The molecule has 2 aromatic heterocycles. The minimum atomic E-state index is 1.17. The van der Waals surface area contributed by atoms with Gasteiger partial charge in [0.1, 0.15) is 23.8 Å². The van der Waals surface area contributed by atoms with E-state index in [9.17, 15) is 0 Å². The van der Waals surface area contributed by atoms with Gasteiger partial charge < -0.3 is 4.57 Å². The maximum atomic E-state index is 2.20. The van der Waals surface area contributed by atoms with Crippen molar-refractivity contribution < 1.29 is 4.57 Å². The molecule has 0 aliphatic heterocycles. The largest absolute Gasteiger partial charge is 0.344 e. The number of hydrogen-bond acceptors (Lipinski definition) is 0. The Kier molecular flexibility index (Phi) is 2.52. The van der Waals surface area contributed by atoms with Gasteiger partial charge in [-0.3, -0.25) is 0 Å². The van der Waals surface area contributed by atoms with Crippen molar-refractivity contribution in [2.45, 2.75) is 0 Å². The summed E-state index contributed by atoms with van der Waals surface area (Å²) in [5, 5.41) is 0. The van der Waals surface area contributed by atoms with E-state index in [1.165, 1.54) is 17.2 Å². The van der Waals surface area contributed by atoms with Gasteiger partial charge >= 0.3 is 5.82 Å². The molecule has 0 aliphatic rings. The molecule has 0 bridgehead atoms. The molecule has 90 valence electrons. The first kappa shape index (κ1) is 10.8. The predicted molar refractivity (Wildman–Crippen MR) is 71.4 cm³/mol. The average molecular weight is 238 g/mol. The van der Waals surface area contributed by atoms with Gasteiger partial charge in [-0.2, -0.15) is 4.57 Å². The number of hydrogen-bond donors (Lipinski definition) is 0. The summed E-state index contributed by atoms with van der Waals surface area (Å²) in [7, 11) is 4.14. The lowest BCUT2D eigenvalue weighted by Gasteiger charge is -2.03. The third-order valence-electron chi connectivity index (χ3n) is 3.21. The topological polar surface area (TPSA) is 13.7 Å². The summed E-state index contributed by atoms with van der Waals surface area (Å²) < 4.78 is 6.48. The molecule has 0 saturated heterocycles. The molecule has 0 unspecified atom stereocenters. The van der Waals surface area contributed by atoms with Crippen molar-refractivity contribution in [1.29, 1.82) is 0 Å². The zero-order chi connectivity index (χ0) is 12.5. The molecule has 3 nitrogen and oxygen atoms in total. The second-order valence-corrected chi connectivity index (χ2v) is 4.44. The Morgan fingerprint density at radius 2 is 1.72 bits per heavy atom. The van der Waals surface area contributed by atoms with Crippen LogP contribution in [0.25, 0.3) is 17.2 Å². The predicted octanol–water partition coefficient (Wildman–Crippen LogP) is 2.31. The normalized spacial score (nSPS) is 10.8. The molecular weight excluding hydrogens is 222 g/mol. The fourth-order valence-corrected chi connectivity index (χ4v) is 2.27. The molecule has 3 rings (SSSR count). The van der Waals surface area contributed by atoms with Crippen LogP contribution in [0.4, 0.5) is 0 Å².